The van der Waals surface area contributed by atoms with E-state index in [9.17, 15) is 9.18 Å². The second kappa shape index (κ2) is 7.36. The second-order valence-corrected chi connectivity index (χ2v) is 7.27. The van der Waals surface area contributed by atoms with Crippen molar-refractivity contribution in [3.63, 3.8) is 0 Å². The van der Waals surface area contributed by atoms with E-state index in [0.29, 0.717) is 26.3 Å². The molecule has 0 amide bonds. The summed E-state index contributed by atoms with van der Waals surface area (Å²) >= 11 is 5.06. The predicted molar refractivity (Wildman–Crippen MR) is 104 cm³/mol. The Labute approximate surface area is 162 Å². The minimum atomic E-state index is -0.594. The van der Waals surface area contributed by atoms with Crippen LogP contribution in [-0.2, 0) is 11.2 Å². The first-order valence-corrected chi connectivity index (χ1v) is 9.45. The van der Waals surface area contributed by atoms with Gasteiger partial charge in [0.05, 0.1) is 19.8 Å². The zero-order valence-electron chi connectivity index (χ0n) is 15.1. The van der Waals surface area contributed by atoms with Gasteiger partial charge in [0.15, 0.2) is 16.3 Å². The molecule has 0 bridgehead atoms. The van der Waals surface area contributed by atoms with Gasteiger partial charge in [0, 0.05) is 24.8 Å². The maximum atomic E-state index is 14.5. The molecule has 3 heterocycles. The van der Waals surface area contributed by atoms with Gasteiger partial charge in [0.25, 0.3) is 0 Å². The molecule has 1 saturated heterocycles. The maximum Gasteiger partial charge on any atom is 0.217 e. The van der Waals surface area contributed by atoms with Crippen molar-refractivity contribution < 1.29 is 13.9 Å². The monoisotopic (exact) mass is 388 g/mol. The number of ether oxygens (including phenoxy) is 1. The molecule has 142 valence electrons. The van der Waals surface area contributed by atoms with E-state index in [4.69, 9.17) is 17.0 Å². The number of Topliss-reactive ketones (excluding diaryl/α,β-unsaturated/α-hetero) is 1. The summed E-state index contributed by atoms with van der Waals surface area (Å²) in [5.41, 5.74) is 2.29. The van der Waals surface area contributed by atoms with Gasteiger partial charge >= 0.3 is 0 Å². The molecular formula is C19H21FN4O2S. The lowest BCUT2D eigenvalue weighted by Crippen LogP contribution is -2.38. The Balaban J connectivity index is 1.61. The number of hydrogen-bond acceptors (Lipinski definition) is 6. The fourth-order valence-electron chi connectivity index (χ4n) is 3.68. The van der Waals surface area contributed by atoms with Crippen molar-refractivity contribution in [3.05, 3.63) is 46.1 Å². The van der Waals surface area contributed by atoms with Gasteiger partial charge in [-0.3, -0.25) is 4.79 Å². The number of benzene rings is 1. The molecule has 8 heteroatoms. The normalized spacial score (nSPS) is 19.3. The number of nitrogens with zero attached hydrogens (tertiary/aromatic N) is 3. The Morgan fingerprint density at radius 1 is 1.37 bits per heavy atom. The molecule has 2 aliphatic rings. The third-order valence-corrected chi connectivity index (χ3v) is 5.37. The van der Waals surface area contributed by atoms with E-state index in [1.807, 2.05) is 18.2 Å². The third-order valence-electron chi connectivity index (χ3n) is 5.10. The molecule has 0 radical (unpaired) electrons. The smallest absolute Gasteiger partial charge is 0.217 e. The van der Waals surface area contributed by atoms with Crippen LogP contribution in [0.4, 0.5) is 15.9 Å². The van der Waals surface area contributed by atoms with Gasteiger partial charge in [0.2, 0.25) is 5.78 Å². The van der Waals surface area contributed by atoms with Crippen LogP contribution in [0, 0.1) is 10.5 Å². The number of para-hydroxylation sites is 1. The number of nitrogens with one attached hydrogen (secondary N) is 1. The number of anilines is 2. The number of fused-ring (bicyclic) bond motifs is 1. The average Bonchev–Trinajstić information content (AvgIpc) is 3.00. The van der Waals surface area contributed by atoms with E-state index < -0.39 is 5.82 Å². The first-order chi connectivity index (χ1) is 13.0. The molecule has 0 unspecified atom stereocenters. The molecule has 1 fully saturated rings. The van der Waals surface area contributed by atoms with Gasteiger partial charge in [0.1, 0.15) is 5.82 Å². The third kappa shape index (κ3) is 3.46. The molecule has 1 N–H and O–H groups in total. The minimum absolute atomic E-state index is 0.0967. The number of morpholine rings is 1. The van der Waals surface area contributed by atoms with E-state index in [0.717, 1.165) is 12.1 Å². The number of ketones is 1. The lowest BCUT2D eigenvalue weighted by atomic mass is 10.1. The van der Waals surface area contributed by atoms with E-state index in [1.165, 1.54) is 5.56 Å². The molecule has 1 aromatic heterocycles. The molecule has 0 spiro atoms. The quantitative estimate of drug-likeness (QED) is 0.642. The van der Waals surface area contributed by atoms with Crippen LogP contribution in [0.1, 0.15) is 23.1 Å². The number of carbonyl (C=O) groups excluding carboxylic acids is 1. The number of carbonyl (C=O) groups is 1. The molecule has 0 aliphatic carbocycles. The fraction of sp³-hybridized carbons (Fsp3) is 0.421. The number of H-pyrrole nitrogens is 1. The molecule has 1 aromatic carbocycles. The first kappa shape index (κ1) is 18.1. The number of rotatable bonds is 4. The molecule has 6 nitrogen and oxygen atoms in total. The van der Waals surface area contributed by atoms with Crippen LogP contribution in [0.25, 0.3) is 0 Å². The SMILES string of the molecule is C[C@@H]1Cc2ccccc2N1CC(=O)c1nc(=S)c(F)c(N2CCOCC2)[nH]1. The van der Waals surface area contributed by atoms with Crippen LogP contribution in [0.2, 0.25) is 0 Å². The number of hydrogen-bond donors (Lipinski definition) is 1. The van der Waals surface area contributed by atoms with Crippen molar-refractivity contribution in [1.29, 1.82) is 0 Å². The Kier molecular flexibility index (Phi) is 4.92. The molecule has 0 saturated carbocycles. The van der Waals surface area contributed by atoms with Crippen LogP contribution in [0.15, 0.2) is 24.3 Å². The number of aromatic nitrogens is 2. The fourth-order valence-corrected chi connectivity index (χ4v) is 3.87. The number of aromatic amines is 1. The zero-order chi connectivity index (χ0) is 19.0. The van der Waals surface area contributed by atoms with Crippen LogP contribution in [0.3, 0.4) is 0 Å². The molecular weight excluding hydrogens is 367 g/mol. The van der Waals surface area contributed by atoms with Crippen molar-refractivity contribution in [2.24, 2.45) is 0 Å². The highest BCUT2D eigenvalue weighted by atomic mass is 32.1. The van der Waals surface area contributed by atoms with Gasteiger partial charge < -0.3 is 19.5 Å². The van der Waals surface area contributed by atoms with Gasteiger partial charge in [-0.15, -0.1) is 0 Å². The Morgan fingerprint density at radius 3 is 2.89 bits per heavy atom. The van der Waals surface area contributed by atoms with Crippen LogP contribution < -0.4 is 9.80 Å². The number of halogens is 1. The predicted octanol–water partition coefficient (Wildman–Crippen LogP) is 2.75. The van der Waals surface area contributed by atoms with Crippen molar-refractivity contribution in [2.45, 2.75) is 19.4 Å². The van der Waals surface area contributed by atoms with Crippen molar-refractivity contribution in [3.8, 4) is 0 Å². The summed E-state index contributed by atoms with van der Waals surface area (Å²) in [5.74, 6) is -0.488. The highest BCUT2D eigenvalue weighted by Gasteiger charge is 2.28. The molecule has 27 heavy (non-hydrogen) atoms. The average molecular weight is 388 g/mol. The van der Waals surface area contributed by atoms with Gasteiger partial charge in [-0.05, 0) is 25.0 Å². The topological polar surface area (TPSA) is 61.5 Å². The summed E-state index contributed by atoms with van der Waals surface area (Å²) in [6.45, 7) is 4.35. The Hall–Kier alpha value is -2.32. The highest BCUT2D eigenvalue weighted by molar-refractivity contribution is 7.71. The summed E-state index contributed by atoms with van der Waals surface area (Å²) < 4.78 is 19.6. The molecule has 2 aromatic rings. The summed E-state index contributed by atoms with van der Waals surface area (Å²) in [7, 11) is 0. The Bertz CT molecular complexity index is 926. The highest BCUT2D eigenvalue weighted by Crippen LogP contribution is 2.31. The summed E-state index contributed by atoms with van der Waals surface area (Å²) in [4.78, 5) is 23.7. The molecule has 1 atom stereocenters. The van der Waals surface area contributed by atoms with Gasteiger partial charge in [-0.2, -0.15) is 4.39 Å². The largest absolute Gasteiger partial charge is 0.378 e. The first-order valence-electron chi connectivity index (χ1n) is 9.05. The van der Waals surface area contributed by atoms with E-state index in [2.05, 4.69) is 27.9 Å². The lowest BCUT2D eigenvalue weighted by molar-refractivity contribution is 0.0987. The minimum Gasteiger partial charge on any atom is -0.378 e. The summed E-state index contributed by atoms with van der Waals surface area (Å²) in [6.07, 6.45) is 0.898. The van der Waals surface area contributed by atoms with E-state index in [-0.39, 0.29) is 34.7 Å². The van der Waals surface area contributed by atoms with E-state index in [1.54, 1.807) is 4.90 Å². The zero-order valence-corrected chi connectivity index (χ0v) is 15.9. The van der Waals surface area contributed by atoms with E-state index >= 15 is 0 Å². The molecule has 4 rings (SSSR count). The lowest BCUT2D eigenvalue weighted by Gasteiger charge is -2.29. The standard InChI is InChI=1S/C19H21FN4O2S/c1-12-10-13-4-2-3-5-14(13)24(12)11-15(25)17-21-18(16(20)19(27)22-17)23-6-8-26-9-7-23/h2-5,12H,6-11H2,1H3,(H,21,22,27)/t12-/m1/s1. The van der Waals surface area contributed by atoms with Crippen molar-refractivity contribution in [2.75, 3.05) is 42.6 Å². The second-order valence-electron chi connectivity index (χ2n) is 6.89. The Morgan fingerprint density at radius 2 is 2.11 bits per heavy atom. The molecule has 2 aliphatic heterocycles. The van der Waals surface area contributed by atoms with Crippen LogP contribution >= 0.6 is 12.2 Å². The summed E-state index contributed by atoms with van der Waals surface area (Å²) in [5, 5.41) is 0. The van der Waals surface area contributed by atoms with Gasteiger partial charge in [-0.25, -0.2) is 4.98 Å². The van der Waals surface area contributed by atoms with Gasteiger partial charge in [-0.1, -0.05) is 30.4 Å². The maximum absolute atomic E-state index is 14.5. The van der Waals surface area contributed by atoms with Crippen LogP contribution in [-0.4, -0.2) is 54.6 Å². The summed E-state index contributed by atoms with van der Waals surface area (Å²) in [6, 6.07) is 8.29. The van der Waals surface area contributed by atoms with Crippen molar-refractivity contribution >= 4 is 29.5 Å². The van der Waals surface area contributed by atoms with Crippen LogP contribution in [0.5, 0.6) is 0 Å². The van der Waals surface area contributed by atoms with Crippen molar-refractivity contribution in [1.82, 2.24) is 9.97 Å².